The lowest BCUT2D eigenvalue weighted by molar-refractivity contribution is 0.201. The molecular formula is C19H21N5O. The van der Waals surface area contributed by atoms with Gasteiger partial charge in [0.1, 0.15) is 5.82 Å². The number of nitrogens with one attached hydrogen (secondary N) is 1. The molecule has 4 rings (SSSR count). The van der Waals surface area contributed by atoms with Gasteiger partial charge in [-0.15, -0.1) is 0 Å². The number of nitrogens with zero attached hydrogens (tertiary/aromatic N) is 4. The molecule has 1 saturated heterocycles. The zero-order valence-electron chi connectivity index (χ0n) is 14.2. The lowest BCUT2D eigenvalue weighted by atomic mass is 10.2. The number of aromatic nitrogens is 3. The summed E-state index contributed by atoms with van der Waals surface area (Å²) < 4.78 is 5.58. The quantitative estimate of drug-likeness (QED) is 0.769. The largest absolute Gasteiger partial charge is 0.373 e. The summed E-state index contributed by atoms with van der Waals surface area (Å²) in [5.41, 5.74) is 2.17. The summed E-state index contributed by atoms with van der Waals surface area (Å²) in [6.45, 7) is 1.96. The second kappa shape index (κ2) is 7.03. The highest BCUT2D eigenvalue weighted by Gasteiger charge is 2.30. The number of anilines is 1. The number of rotatable bonds is 5. The van der Waals surface area contributed by atoms with Crippen LogP contribution in [0.2, 0.25) is 0 Å². The molecule has 0 amide bonds. The van der Waals surface area contributed by atoms with Crippen LogP contribution >= 0.6 is 0 Å². The van der Waals surface area contributed by atoms with Gasteiger partial charge in [-0.05, 0) is 37.1 Å². The van der Waals surface area contributed by atoms with Gasteiger partial charge in [-0.2, -0.15) is 4.98 Å². The highest BCUT2D eigenvalue weighted by Crippen LogP contribution is 2.33. The van der Waals surface area contributed by atoms with Crippen molar-refractivity contribution < 1.29 is 4.52 Å². The number of hydrogen-bond donors (Lipinski definition) is 1. The minimum atomic E-state index is 0.186. The predicted molar refractivity (Wildman–Crippen MR) is 95.9 cm³/mol. The maximum absolute atomic E-state index is 5.58. The summed E-state index contributed by atoms with van der Waals surface area (Å²) >= 11 is 0. The fourth-order valence-electron chi connectivity index (χ4n) is 3.27. The van der Waals surface area contributed by atoms with Gasteiger partial charge in [-0.1, -0.05) is 35.5 Å². The van der Waals surface area contributed by atoms with E-state index in [2.05, 4.69) is 49.6 Å². The number of hydrogen-bond acceptors (Lipinski definition) is 6. The lowest BCUT2D eigenvalue weighted by Crippen LogP contribution is -2.22. The Kier molecular flexibility index (Phi) is 4.43. The van der Waals surface area contributed by atoms with Crippen molar-refractivity contribution in [1.82, 2.24) is 20.0 Å². The van der Waals surface area contributed by atoms with Crippen molar-refractivity contribution >= 4 is 5.82 Å². The van der Waals surface area contributed by atoms with E-state index in [-0.39, 0.29) is 6.04 Å². The van der Waals surface area contributed by atoms with Crippen molar-refractivity contribution in [2.45, 2.75) is 25.4 Å². The molecule has 6 nitrogen and oxygen atoms in total. The first kappa shape index (κ1) is 15.8. The van der Waals surface area contributed by atoms with Crippen molar-refractivity contribution in [1.29, 1.82) is 0 Å². The zero-order valence-corrected chi connectivity index (χ0v) is 14.2. The third kappa shape index (κ3) is 3.39. The van der Waals surface area contributed by atoms with Crippen LogP contribution in [0.3, 0.4) is 0 Å². The topological polar surface area (TPSA) is 67.1 Å². The molecular weight excluding hydrogens is 314 g/mol. The molecule has 25 heavy (non-hydrogen) atoms. The van der Waals surface area contributed by atoms with Crippen molar-refractivity contribution in [2.24, 2.45) is 0 Å². The molecule has 0 radical (unpaired) electrons. The molecule has 1 aliphatic rings. The van der Waals surface area contributed by atoms with Gasteiger partial charge >= 0.3 is 0 Å². The van der Waals surface area contributed by atoms with Gasteiger partial charge in [0.05, 0.1) is 6.04 Å². The Labute approximate surface area is 146 Å². The van der Waals surface area contributed by atoms with Crippen LogP contribution in [-0.2, 0) is 6.54 Å². The summed E-state index contributed by atoms with van der Waals surface area (Å²) in [7, 11) is 1.84. The molecule has 0 bridgehead atoms. The SMILES string of the molecule is CNc1ccc(-c2noc([C@@H]3CCCN3Cc3ccccc3)n2)cn1. The molecule has 6 heteroatoms. The Morgan fingerprint density at radius 3 is 2.84 bits per heavy atom. The van der Waals surface area contributed by atoms with Crippen LogP contribution in [0, 0.1) is 0 Å². The van der Waals surface area contributed by atoms with Crippen molar-refractivity contribution in [3.05, 3.63) is 60.1 Å². The average molecular weight is 335 g/mol. The van der Waals surface area contributed by atoms with E-state index in [0.29, 0.717) is 11.7 Å². The third-order valence-corrected chi connectivity index (χ3v) is 4.60. The fourth-order valence-corrected chi connectivity index (χ4v) is 3.27. The molecule has 3 heterocycles. The number of likely N-dealkylation sites (tertiary alicyclic amines) is 1. The summed E-state index contributed by atoms with van der Waals surface area (Å²) in [5.74, 6) is 2.11. The van der Waals surface area contributed by atoms with Crippen LogP contribution in [0.15, 0.2) is 53.2 Å². The monoisotopic (exact) mass is 335 g/mol. The molecule has 0 aliphatic carbocycles. The smallest absolute Gasteiger partial charge is 0.244 e. The Morgan fingerprint density at radius 2 is 2.08 bits per heavy atom. The highest BCUT2D eigenvalue weighted by molar-refractivity contribution is 5.55. The molecule has 1 aromatic carbocycles. The summed E-state index contributed by atoms with van der Waals surface area (Å²) in [6, 6.07) is 14.5. The molecule has 2 aromatic heterocycles. The van der Waals surface area contributed by atoms with E-state index in [1.54, 1.807) is 6.20 Å². The molecule has 0 spiro atoms. The standard InChI is InChI=1S/C19H21N5O/c1-20-17-10-9-15(12-21-17)18-22-19(25-23-18)16-8-5-11-24(16)13-14-6-3-2-4-7-14/h2-4,6-7,9-10,12,16H,5,8,11,13H2,1H3,(H,20,21)/t16-/m0/s1. The highest BCUT2D eigenvalue weighted by atomic mass is 16.5. The van der Waals surface area contributed by atoms with E-state index in [9.17, 15) is 0 Å². The number of pyridine rings is 1. The summed E-state index contributed by atoms with van der Waals surface area (Å²) in [4.78, 5) is 11.3. The predicted octanol–water partition coefficient (Wildman–Crippen LogP) is 3.51. The summed E-state index contributed by atoms with van der Waals surface area (Å²) in [6.07, 6.45) is 3.95. The van der Waals surface area contributed by atoms with Crippen LogP contribution in [0.25, 0.3) is 11.4 Å². The van der Waals surface area contributed by atoms with E-state index in [0.717, 1.165) is 37.3 Å². The first-order valence-electron chi connectivity index (χ1n) is 8.59. The Hall–Kier alpha value is -2.73. The third-order valence-electron chi connectivity index (χ3n) is 4.60. The Bertz CT molecular complexity index is 815. The summed E-state index contributed by atoms with van der Waals surface area (Å²) in [5, 5.41) is 7.16. The second-order valence-electron chi connectivity index (χ2n) is 6.25. The van der Waals surface area contributed by atoms with Gasteiger partial charge in [0.2, 0.25) is 11.7 Å². The lowest BCUT2D eigenvalue weighted by Gasteiger charge is -2.21. The Morgan fingerprint density at radius 1 is 1.20 bits per heavy atom. The number of benzene rings is 1. The van der Waals surface area contributed by atoms with Crippen LogP contribution in [0.1, 0.15) is 30.3 Å². The van der Waals surface area contributed by atoms with Gasteiger partial charge in [0, 0.05) is 25.4 Å². The van der Waals surface area contributed by atoms with Crippen LogP contribution in [-0.4, -0.2) is 33.6 Å². The van der Waals surface area contributed by atoms with E-state index in [1.165, 1.54) is 5.56 Å². The van der Waals surface area contributed by atoms with Gasteiger partial charge in [0.25, 0.3) is 0 Å². The van der Waals surface area contributed by atoms with Gasteiger partial charge in [-0.3, -0.25) is 4.90 Å². The maximum Gasteiger partial charge on any atom is 0.244 e. The van der Waals surface area contributed by atoms with Crippen LogP contribution in [0.4, 0.5) is 5.82 Å². The fraction of sp³-hybridized carbons (Fsp3) is 0.316. The Balaban J connectivity index is 1.52. The van der Waals surface area contributed by atoms with Crippen molar-refractivity contribution in [2.75, 3.05) is 18.9 Å². The molecule has 1 fully saturated rings. The van der Waals surface area contributed by atoms with E-state index >= 15 is 0 Å². The first-order chi connectivity index (χ1) is 12.3. The van der Waals surface area contributed by atoms with Crippen LogP contribution < -0.4 is 5.32 Å². The van der Waals surface area contributed by atoms with Crippen molar-refractivity contribution in [3.63, 3.8) is 0 Å². The second-order valence-corrected chi connectivity index (χ2v) is 6.25. The van der Waals surface area contributed by atoms with Gasteiger partial charge in [0.15, 0.2) is 0 Å². The van der Waals surface area contributed by atoms with Gasteiger partial charge < -0.3 is 9.84 Å². The zero-order chi connectivity index (χ0) is 17.1. The molecule has 0 saturated carbocycles. The minimum Gasteiger partial charge on any atom is -0.373 e. The molecule has 1 N–H and O–H groups in total. The molecule has 128 valence electrons. The van der Waals surface area contributed by atoms with E-state index < -0.39 is 0 Å². The molecule has 0 unspecified atom stereocenters. The minimum absolute atomic E-state index is 0.186. The average Bonchev–Trinajstić information content (AvgIpc) is 3.32. The molecule has 1 aliphatic heterocycles. The molecule has 3 aromatic rings. The van der Waals surface area contributed by atoms with E-state index in [1.807, 2.05) is 25.2 Å². The normalized spacial score (nSPS) is 17.7. The van der Waals surface area contributed by atoms with Crippen molar-refractivity contribution in [3.8, 4) is 11.4 Å². The van der Waals surface area contributed by atoms with Crippen LogP contribution in [0.5, 0.6) is 0 Å². The van der Waals surface area contributed by atoms with Gasteiger partial charge in [-0.25, -0.2) is 4.98 Å². The first-order valence-corrected chi connectivity index (χ1v) is 8.59. The maximum atomic E-state index is 5.58. The molecule has 1 atom stereocenters. The van der Waals surface area contributed by atoms with E-state index in [4.69, 9.17) is 4.52 Å².